The van der Waals surface area contributed by atoms with Crippen molar-refractivity contribution in [1.29, 1.82) is 0 Å². The second-order valence-electron chi connectivity index (χ2n) is 4.05. The molecule has 80 valence electrons. The Bertz CT molecular complexity index is 487. The van der Waals surface area contributed by atoms with Crippen LogP contribution in [0.2, 0.25) is 0 Å². The highest BCUT2D eigenvalue weighted by atomic mass is 16.5. The first kappa shape index (κ1) is 9.55. The highest BCUT2D eigenvalue weighted by Crippen LogP contribution is 2.31. The molecule has 0 fully saturated rings. The molecule has 1 aliphatic heterocycles. The molecule has 1 heterocycles. The minimum absolute atomic E-state index is 0.0543. The molecule has 0 radical (unpaired) electrons. The molecule has 0 N–H and O–H groups in total. The van der Waals surface area contributed by atoms with Gasteiger partial charge in [-0.1, -0.05) is 42.5 Å². The van der Waals surface area contributed by atoms with Gasteiger partial charge in [0.25, 0.3) is 0 Å². The molecule has 0 aromatic carbocycles. The summed E-state index contributed by atoms with van der Waals surface area (Å²) in [7, 11) is 0. The van der Waals surface area contributed by atoms with Crippen molar-refractivity contribution in [2.45, 2.75) is 12.5 Å². The molecule has 0 aromatic rings. The fraction of sp³-hybridized carbons (Fsp3) is 0.214. The topological polar surface area (TPSA) is 26.3 Å². The summed E-state index contributed by atoms with van der Waals surface area (Å²) in [6.07, 6.45) is 14.7. The Morgan fingerprint density at radius 3 is 3.12 bits per heavy atom. The van der Waals surface area contributed by atoms with Gasteiger partial charge in [0, 0.05) is 5.57 Å². The largest absolute Gasteiger partial charge is 0.361 e. The average molecular weight is 212 g/mol. The van der Waals surface area contributed by atoms with Gasteiger partial charge in [0.05, 0.1) is 0 Å². The van der Waals surface area contributed by atoms with Gasteiger partial charge in [-0.3, -0.25) is 4.79 Å². The summed E-state index contributed by atoms with van der Waals surface area (Å²) in [5, 5.41) is 0. The summed E-state index contributed by atoms with van der Waals surface area (Å²) in [4.78, 5) is 11.9. The van der Waals surface area contributed by atoms with Crippen molar-refractivity contribution in [2.24, 2.45) is 0 Å². The molecular formula is C14H12O2. The molecular weight excluding hydrogens is 200 g/mol. The van der Waals surface area contributed by atoms with E-state index < -0.39 is 0 Å². The van der Waals surface area contributed by atoms with Gasteiger partial charge < -0.3 is 4.74 Å². The van der Waals surface area contributed by atoms with E-state index in [1.807, 2.05) is 36.5 Å². The lowest BCUT2D eigenvalue weighted by molar-refractivity contribution is -0.119. The van der Waals surface area contributed by atoms with E-state index in [0.29, 0.717) is 0 Å². The van der Waals surface area contributed by atoms with E-state index in [1.165, 1.54) is 0 Å². The molecule has 1 unspecified atom stereocenters. The standard InChI is InChI=1S/C14H12O2/c15-13-9-16-14-8-4-3-7-12(14)10-5-1-2-6-11(10)13/h1-4,6-8,14H,5,9H2. The molecule has 2 heteroatoms. The maximum atomic E-state index is 11.9. The molecule has 0 aromatic heterocycles. The molecule has 0 amide bonds. The number of ketones is 1. The lowest BCUT2D eigenvalue weighted by atomic mass is 9.88. The van der Waals surface area contributed by atoms with Crippen molar-refractivity contribution < 1.29 is 9.53 Å². The van der Waals surface area contributed by atoms with Crippen LogP contribution in [0.3, 0.4) is 0 Å². The van der Waals surface area contributed by atoms with Gasteiger partial charge in [-0.25, -0.2) is 0 Å². The zero-order valence-electron chi connectivity index (χ0n) is 8.85. The van der Waals surface area contributed by atoms with Crippen molar-refractivity contribution in [1.82, 2.24) is 0 Å². The summed E-state index contributed by atoms with van der Waals surface area (Å²) in [5.74, 6) is 0.0862. The summed E-state index contributed by atoms with van der Waals surface area (Å²) in [6, 6.07) is 0. The van der Waals surface area contributed by atoms with Crippen LogP contribution in [-0.4, -0.2) is 18.5 Å². The van der Waals surface area contributed by atoms with Gasteiger partial charge in [-0.05, 0) is 17.6 Å². The Balaban J connectivity index is 2.16. The Labute approximate surface area is 94.3 Å². The Morgan fingerprint density at radius 1 is 1.25 bits per heavy atom. The highest BCUT2D eigenvalue weighted by molar-refractivity contribution is 6.02. The number of hydrogen-bond acceptors (Lipinski definition) is 2. The number of ether oxygens (including phenoxy) is 1. The average Bonchev–Trinajstić information content (AvgIpc) is 2.49. The normalized spacial score (nSPS) is 27.4. The van der Waals surface area contributed by atoms with Crippen LogP contribution in [0.5, 0.6) is 0 Å². The SMILES string of the molecule is O=C1COC2C=CC=CC2=C2CC=CC=C12. The highest BCUT2D eigenvalue weighted by Gasteiger charge is 2.27. The van der Waals surface area contributed by atoms with Crippen LogP contribution >= 0.6 is 0 Å². The van der Waals surface area contributed by atoms with Gasteiger partial charge in [-0.2, -0.15) is 0 Å². The number of Topliss-reactive ketones (excluding diaryl/α,β-unsaturated/α-hetero) is 1. The summed E-state index contributed by atoms with van der Waals surface area (Å²) < 4.78 is 5.60. The maximum absolute atomic E-state index is 11.9. The fourth-order valence-corrected chi connectivity index (χ4v) is 2.28. The van der Waals surface area contributed by atoms with Crippen LogP contribution in [0.15, 0.2) is 59.3 Å². The summed E-state index contributed by atoms with van der Waals surface area (Å²) >= 11 is 0. The molecule has 1 atom stereocenters. The molecule has 3 rings (SSSR count). The molecule has 0 saturated heterocycles. The third kappa shape index (κ3) is 1.42. The van der Waals surface area contributed by atoms with E-state index >= 15 is 0 Å². The first-order valence-corrected chi connectivity index (χ1v) is 5.46. The van der Waals surface area contributed by atoms with E-state index in [2.05, 4.69) is 6.08 Å². The van der Waals surface area contributed by atoms with Crippen LogP contribution in [0, 0.1) is 0 Å². The van der Waals surface area contributed by atoms with Crippen molar-refractivity contribution in [2.75, 3.05) is 6.61 Å². The number of allylic oxidation sites excluding steroid dienone is 6. The Hall–Kier alpha value is -1.67. The predicted molar refractivity (Wildman–Crippen MR) is 61.9 cm³/mol. The smallest absolute Gasteiger partial charge is 0.188 e. The zero-order chi connectivity index (χ0) is 11.0. The van der Waals surface area contributed by atoms with E-state index in [1.54, 1.807) is 0 Å². The lowest BCUT2D eigenvalue weighted by Gasteiger charge is -2.18. The van der Waals surface area contributed by atoms with E-state index in [0.717, 1.165) is 23.1 Å². The lowest BCUT2D eigenvalue weighted by Crippen LogP contribution is -2.15. The van der Waals surface area contributed by atoms with Crippen molar-refractivity contribution in [3.8, 4) is 0 Å². The first-order chi connectivity index (χ1) is 7.86. The van der Waals surface area contributed by atoms with Crippen LogP contribution in [-0.2, 0) is 9.53 Å². The molecule has 0 saturated carbocycles. The summed E-state index contributed by atoms with van der Waals surface area (Å²) in [5.41, 5.74) is 3.07. The van der Waals surface area contributed by atoms with Gasteiger partial charge in [0.1, 0.15) is 12.7 Å². The van der Waals surface area contributed by atoms with Gasteiger partial charge in [-0.15, -0.1) is 0 Å². The Morgan fingerprint density at radius 2 is 2.19 bits per heavy atom. The number of fused-ring (bicyclic) bond motifs is 2. The van der Waals surface area contributed by atoms with Crippen molar-refractivity contribution in [3.63, 3.8) is 0 Å². The molecule has 0 spiro atoms. The molecule has 3 aliphatic rings. The van der Waals surface area contributed by atoms with E-state index in [-0.39, 0.29) is 18.5 Å². The fourth-order valence-electron chi connectivity index (χ4n) is 2.28. The number of rotatable bonds is 0. The van der Waals surface area contributed by atoms with Gasteiger partial charge >= 0.3 is 0 Å². The monoisotopic (exact) mass is 212 g/mol. The summed E-state index contributed by atoms with van der Waals surface area (Å²) in [6.45, 7) is 0.176. The minimum Gasteiger partial charge on any atom is -0.361 e. The van der Waals surface area contributed by atoms with E-state index in [9.17, 15) is 4.79 Å². The third-order valence-electron chi connectivity index (χ3n) is 3.07. The molecule has 16 heavy (non-hydrogen) atoms. The quantitative estimate of drug-likeness (QED) is 0.615. The third-order valence-corrected chi connectivity index (χ3v) is 3.07. The van der Waals surface area contributed by atoms with Crippen molar-refractivity contribution >= 4 is 5.78 Å². The van der Waals surface area contributed by atoms with Crippen LogP contribution in [0.25, 0.3) is 0 Å². The predicted octanol–water partition coefficient (Wildman–Crippen LogP) is 2.26. The van der Waals surface area contributed by atoms with Gasteiger partial charge in [0.2, 0.25) is 0 Å². The number of carbonyl (C=O) groups excluding carboxylic acids is 1. The molecule has 2 nitrogen and oxygen atoms in total. The van der Waals surface area contributed by atoms with Gasteiger partial charge in [0.15, 0.2) is 5.78 Å². The number of carbonyl (C=O) groups is 1. The zero-order valence-corrected chi connectivity index (χ0v) is 8.85. The van der Waals surface area contributed by atoms with Crippen LogP contribution in [0.4, 0.5) is 0 Å². The Kier molecular flexibility index (Phi) is 2.22. The molecule has 2 aliphatic carbocycles. The van der Waals surface area contributed by atoms with Crippen LogP contribution < -0.4 is 0 Å². The minimum atomic E-state index is -0.0543. The first-order valence-electron chi connectivity index (χ1n) is 5.46. The van der Waals surface area contributed by atoms with E-state index in [4.69, 9.17) is 4.74 Å². The maximum Gasteiger partial charge on any atom is 0.188 e. The second kappa shape index (κ2) is 3.72. The van der Waals surface area contributed by atoms with Crippen LogP contribution in [0.1, 0.15) is 6.42 Å². The molecule has 0 bridgehead atoms. The second-order valence-corrected chi connectivity index (χ2v) is 4.05. The number of hydrogen-bond donors (Lipinski definition) is 0. The van der Waals surface area contributed by atoms with Crippen molar-refractivity contribution in [3.05, 3.63) is 59.3 Å².